The molecule has 3 fully saturated rings. The molecule has 2 amide bonds. The summed E-state index contributed by atoms with van der Waals surface area (Å²) < 4.78 is 0. The summed E-state index contributed by atoms with van der Waals surface area (Å²) in [6.45, 7) is 27.4. The summed E-state index contributed by atoms with van der Waals surface area (Å²) in [4.78, 5) is 41.5. The minimum Gasteiger partial charge on any atom is -0.342 e. The highest BCUT2D eigenvalue weighted by Gasteiger charge is 2.63. The Hall–Kier alpha value is -1.74. The lowest BCUT2D eigenvalue weighted by atomic mass is 9.65. The fourth-order valence-corrected chi connectivity index (χ4v) is 7.85. The number of amides is 2. The van der Waals surface area contributed by atoms with Crippen molar-refractivity contribution in [1.82, 2.24) is 19.9 Å². The van der Waals surface area contributed by atoms with E-state index in [1.54, 1.807) is 12.2 Å². The zero-order valence-corrected chi connectivity index (χ0v) is 25.9. The van der Waals surface area contributed by atoms with Crippen LogP contribution in [0.15, 0.2) is 25.3 Å². The van der Waals surface area contributed by atoms with Gasteiger partial charge in [0.15, 0.2) is 0 Å². The van der Waals surface area contributed by atoms with Gasteiger partial charge in [-0.3, -0.25) is 19.3 Å². The van der Waals surface area contributed by atoms with Gasteiger partial charge in [-0.2, -0.15) is 10.1 Å². The number of rotatable bonds is 14. The molecule has 0 saturated carbocycles. The Kier molecular flexibility index (Phi) is 9.79. The molecule has 0 aromatic rings. The minimum absolute atomic E-state index is 0.0473. The summed E-state index contributed by atoms with van der Waals surface area (Å²) in [6, 6.07) is 0.419. The predicted molar refractivity (Wildman–Crippen MR) is 156 cm³/mol. The van der Waals surface area contributed by atoms with Gasteiger partial charge < -0.3 is 9.80 Å². The van der Waals surface area contributed by atoms with Crippen LogP contribution in [0.4, 0.5) is 0 Å². The van der Waals surface area contributed by atoms with Crippen molar-refractivity contribution in [3.05, 3.63) is 25.3 Å². The van der Waals surface area contributed by atoms with Crippen LogP contribution < -0.4 is 0 Å². The van der Waals surface area contributed by atoms with Gasteiger partial charge in [-0.05, 0) is 93.9 Å². The molecule has 0 aromatic heterocycles. The highest BCUT2D eigenvalue weighted by atomic mass is 16.7. The molecule has 3 rings (SSSR count). The predicted octanol–water partition coefficient (Wildman–Crippen LogP) is 4.96. The average Bonchev–Trinajstić information content (AvgIpc) is 2.81. The first-order chi connectivity index (χ1) is 18.1. The van der Waals surface area contributed by atoms with Crippen LogP contribution in [0.3, 0.4) is 0 Å². The smallest absolute Gasteiger partial charge is 0.229 e. The van der Waals surface area contributed by atoms with E-state index in [1.807, 2.05) is 9.96 Å². The lowest BCUT2D eigenvalue weighted by molar-refractivity contribution is -0.307. The van der Waals surface area contributed by atoms with Crippen LogP contribution in [0, 0.1) is 5.92 Å². The quantitative estimate of drug-likeness (QED) is 0.133. The molecule has 3 heterocycles. The molecule has 8 heteroatoms. The Bertz CT molecular complexity index is 861. The normalized spacial score (nSPS) is 27.9. The number of hydrogen-bond donors (Lipinski definition) is 0. The fraction of sp³-hybridized carbons (Fsp3) is 0.806. The molecule has 0 N–H and O–H groups in total. The molecule has 3 saturated heterocycles. The average molecular weight is 547 g/mol. The highest BCUT2D eigenvalue weighted by molar-refractivity contribution is 5.87. The first kappa shape index (κ1) is 31.8. The standard InChI is InChI=1S/C31H54N4O4/c1-11-18-38-34-28(3,4)20-24(21-29(34,5)6)32(23-36)16-14-13-15-17-33-25-22-30(7,8)35(39-19-12-2)31(9,10)26(25)27(33)37/h11-12,23-26H,1-2,13-22H2,3-10H3. The number of piperidine rings is 2. The topological polar surface area (TPSA) is 65.6 Å². The second-order valence-electron chi connectivity index (χ2n) is 14.1. The van der Waals surface area contributed by atoms with Gasteiger partial charge in [0, 0.05) is 41.8 Å². The zero-order chi connectivity index (χ0) is 29.2. The van der Waals surface area contributed by atoms with Crippen molar-refractivity contribution in [3.8, 4) is 0 Å². The van der Waals surface area contributed by atoms with E-state index in [0.29, 0.717) is 13.2 Å². The van der Waals surface area contributed by atoms with Crippen molar-refractivity contribution < 1.29 is 19.3 Å². The third-order valence-electron chi connectivity index (χ3n) is 9.01. The fourth-order valence-electron chi connectivity index (χ4n) is 7.85. The Morgan fingerprint density at radius 1 is 0.846 bits per heavy atom. The first-order valence-corrected chi connectivity index (χ1v) is 14.7. The maximum Gasteiger partial charge on any atom is 0.229 e. The monoisotopic (exact) mass is 546 g/mol. The van der Waals surface area contributed by atoms with E-state index >= 15 is 0 Å². The van der Waals surface area contributed by atoms with Crippen LogP contribution in [0.25, 0.3) is 0 Å². The van der Waals surface area contributed by atoms with Gasteiger partial charge in [-0.15, -0.1) is 13.2 Å². The molecule has 3 aliphatic rings. The molecule has 0 spiro atoms. The Morgan fingerprint density at radius 3 is 1.92 bits per heavy atom. The number of unbranched alkanes of at least 4 members (excludes halogenated alkanes) is 2. The summed E-state index contributed by atoms with van der Waals surface area (Å²) in [5.41, 5.74) is -0.940. The van der Waals surface area contributed by atoms with Crippen molar-refractivity contribution in [2.45, 2.75) is 128 Å². The number of hydrogen-bond acceptors (Lipinski definition) is 6. The zero-order valence-electron chi connectivity index (χ0n) is 25.9. The molecule has 0 bridgehead atoms. The second kappa shape index (κ2) is 12.0. The highest BCUT2D eigenvalue weighted by Crippen LogP contribution is 2.50. The van der Waals surface area contributed by atoms with Crippen LogP contribution in [0.1, 0.15) is 93.9 Å². The van der Waals surface area contributed by atoms with Crippen molar-refractivity contribution in [3.63, 3.8) is 0 Å². The lowest BCUT2D eigenvalue weighted by Crippen LogP contribution is -2.78. The summed E-state index contributed by atoms with van der Waals surface area (Å²) >= 11 is 0. The van der Waals surface area contributed by atoms with E-state index in [1.165, 1.54) is 0 Å². The van der Waals surface area contributed by atoms with E-state index in [-0.39, 0.29) is 46.1 Å². The third-order valence-corrected chi connectivity index (χ3v) is 9.01. The molecule has 3 aliphatic heterocycles. The number of fused-ring (bicyclic) bond motifs is 1. The lowest BCUT2D eigenvalue weighted by Gasteiger charge is -2.64. The van der Waals surface area contributed by atoms with Gasteiger partial charge in [0.2, 0.25) is 12.3 Å². The summed E-state index contributed by atoms with van der Waals surface area (Å²) in [5, 5.41) is 4.13. The van der Waals surface area contributed by atoms with Gasteiger partial charge in [0.1, 0.15) is 0 Å². The van der Waals surface area contributed by atoms with Crippen molar-refractivity contribution in [2.24, 2.45) is 5.92 Å². The minimum atomic E-state index is -0.374. The number of carbonyl (C=O) groups is 2. The van der Waals surface area contributed by atoms with E-state index < -0.39 is 0 Å². The molecule has 0 aliphatic carbocycles. The Balaban J connectivity index is 1.50. The summed E-state index contributed by atoms with van der Waals surface area (Å²) in [6.07, 6.45) is 10.0. The number of carbonyl (C=O) groups excluding carboxylic acids is 2. The van der Waals surface area contributed by atoms with Gasteiger partial charge in [-0.1, -0.05) is 12.2 Å². The van der Waals surface area contributed by atoms with Crippen LogP contribution in [0.2, 0.25) is 0 Å². The molecule has 2 unspecified atom stereocenters. The molecule has 8 nitrogen and oxygen atoms in total. The maximum atomic E-state index is 13.2. The molecular weight excluding hydrogens is 492 g/mol. The largest absolute Gasteiger partial charge is 0.342 e. The van der Waals surface area contributed by atoms with E-state index in [4.69, 9.17) is 9.68 Å². The van der Waals surface area contributed by atoms with Crippen LogP contribution >= 0.6 is 0 Å². The van der Waals surface area contributed by atoms with E-state index in [0.717, 1.165) is 58.0 Å². The number of β-lactam (4-membered cyclic amide) rings is 1. The first-order valence-electron chi connectivity index (χ1n) is 14.7. The number of nitrogens with zero attached hydrogens (tertiary/aromatic N) is 4. The summed E-state index contributed by atoms with van der Waals surface area (Å²) in [7, 11) is 0. The molecule has 39 heavy (non-hydrogen) atoms. The van der Waals surface area contributed by atoms with Crippen molar-refractivity contribution >= 4 is 12.3 Å². The Labute approximate surface area is 237 Å². The maximum absolute atomic E-state index is 13.2. The van der Waals surface area contributed by atoms with Gasteiger partial charge in [-0.25, -0.2) is 0 Å². The number of likely N-dealkylation sites (tertiary alicyclic amines) is 1. The molecular formula is C31H54N4O4. The Morgan fingerprint density at radius 2 is 1.38 bits per heavy atom. The van der Waals surface area contributed by atoms with Crippen LogP contribution in [-0.2, 0) is 19.3 Å². The van der Waals surface area contributed by atoms with Crippen molar-refractivity contribution in [2.75, 3.05) is 26.3 Å². The molecule has 222 valence electrons. The second-order valence-corrected chi connectivity index (χ2v) is 14.1. The SMILES string of the molecule is C=CCON1C(C)(C)CC(N(C=O)CCCCCN2C(=O)C3C2CC(C)(C)N(OCC=C)C3(C)C)CC1(C)C. The van der Waals surface area contributed by atoms with E-state index in [9.17, 15) is 9.59 Å². The van der Waals surface area contributed by atoms with Crippen LogP contribution in [0.5, 0.6) is 0 Å². The van der Waals surface area contributed by atoms with Crippen LogP contribution in [-0.4, -0.2) is 92.8 Å². The summed E-state index contributed by atoms with van der Waals surface area (Å²) in [5.74, 6) is 0.186. The third kappa shape index (κ3) is 6.45. The van der Waals surface area contributed by atoms with Gasteiger partial charge >= 0.3 is 0 Å². The molecule has 2 atom stereocenters. The van der Waals surface area contributed by atoms with Gasteiger partial charge in [0.05, 0.1) is 24.7 Å². The number of hydroxylamine groups is 4. The van der Waals surface area contributed by atoms with Gasteiger partial charge in [0.25, 0.3) is 0 Å². The van der Waals surface area contributed by atoms with E-state index in [2.05, 4.69) is 78.5 Å². The molecule has 0 radical (unpaired) electrons. The van der Waals surface area contributed by atoms with Crippen molar-refractivity contribution in [1.29, 1.82) is 0 Å². The molecule has 0 aromatic carbocycles.